The van der Waals surface area contributed by atoms with E-state index in [1.165, 1.54) is 30.7 Å². The first-order valence-corrected chi connectivity index (χ1v) is 5.92. The smallest absolute Gasteiger partial charge is 0.0952 e. The van der Waals surface area contributed by atoms with Crippen LogP contribution in [-0.4, -0.2) is 19.1 Å². The van der Waals surface area contributed by atoms with Crippen molar-refractivity contribution >= 4 is 0 Å². The maximum absolute atomic E-state index is 4.49. The third-order valence-corrected chi connectivity index (χ3v) is 3.27. The number of imidazole rings is 2. The summed E-state index contributed by atoms with van der Waals surface area (Å²) in [5, 5.41) is 0. The summed E-state index contributed by atoms with van der Waals surface area (Å²) in [5.74, 6) is 0. The van der Waals surface area contributed by atoms with Crippen molar-refractivity contribution in [3.63, 3.8) is 0 Å². The zero-order chi connectivity index (χ0) is 10.8. The first kappa shape index (κ1) is 9.63. The van der Waals surface area contributed by atoms with Gasteiger partial charge in [-0.1, -0.05) is 0 Å². The number of hydrogen-bond acceptors (Lipinski definition) is 2. The van der Waals surface area contributed by atoms with Crippen molar-refractivity contribution in [3.8, 4) is 0 Å². The molecule has 84 valence electrons. The quantitative estimate of drug-likeness (QED) is 0.782. The van der Waals surface area contributed by atoms with E-state index in [2.05, 4.69) is 19.1 Å². The van der Waals surface area contributed by atoms with E-state index in [4.69, 9.17) is 0 Å². The van der Waals surface area contributed by atoms with Crippen molar-refractivity contribution in [2.45, 2.75) is 38.8 Å². The van der Waals surface area contributed by atoms with Gasteiger partial charge in [0.1, 0.15) is 0 Å². The molecule has 0 N–H and O–H groups in total. The van der Waals surface area contributed by atoms with E-state index < -0.39 is 0 Å². The molecule has 4 nitrogen and oxygen atoms in total. The van der Waals surface area contributed by atoms with Gasteiger partial charge in [0, 0.05) is 31.2 Å². The van der Waals surface area contributed by atoms with Gasteiger partial charge in [0.25, 0.3) is 0 Å². The van der Waals surface area contributed by atoms with Gasteiger partial charge in [0.15, 0.2) is 0 Å². The Bertz CT molecular complexity index is 455. The van der Waals surface area contributed by atoms with Crippen LogP contribution in [0.25, 0.3) is 0 Å². The van der Waals surface area contributed by atoms with Crippen molar-refractivity contribution in [1.29, 1.82) is 0 Å². The molecule has 1 aliphatic carbocycles. The lowest BCUT2D eigenvalue weighted by molar-refractivity contribution is 0.545. The van der Waals surface area contributed by atoms with E-state index in [1.807, 2.05) is 25.0 Å². The Morgan fingerprint density at radius 3 is 2.94 bits per heavy atom. The third kappa shape index (κ3) is 1.75. The Hall–Kier alpha value is -1.58. The standard InChI is InChI=1S/C12H16N4/c1-2-4-12-11(3-1)14-10-16(12)8-7-15-6-5-13-9-15/h5-6,9-10H,1-4,7-8H2. The minimum Gasteiger partial charge on any atom is -0.336 e. The van der Waals surface area contributed by atoms with Crippen LogP contribution in [0.4, 0.5) is 0 Å². The molecule has 0 fully saturated rings. The van der Waals surface area contributed by atoms with Crippen molar-refractivity contribution in [2.75, 3.05) is 0 Å². The monoisotopic (exact) mass is 216 g/mol. The number of nitrogens with zero attached hydrogens (tertiary/aromatic N) is 4. The molecule has 0 saturated carbocycles. The summed E-state index contributed by atoms with van der Waals surface area (Å²) in [6.45, 7) is 1.97. The van der Waals surface area contributed by atoms with Crippen molar-refractivity contribution in [2.24, 2.45) is 0 Å². The van der Waals surface area contributed by atoms with Crippen LogP contribution in [0.3, 0.4) is 0 Å². The minimum atomic E-state index is 0.975. The second kappa shape index (κ2) is 4.12. The predicted octanol–water partition coefficient (Wildman–Crippen LogP) is 1.66. The van der Waals surface area contributed by atoms with Gasteiger partial charge in [-0.15, -0.1) is 0 Å². The molecule has 0 spiro atoms. The van der Waals surface area contributed by atoms with Crippen LogP contribution >= 0.6 is 0 Å². The summed E-state index contributed by atoms with van der Waals surface area (Å²) in [4.78, 5) is 8.54. The van der Waals surface area contributed by atoms with Gasteiger partial charge in [-0.2, -0.15) is 0 Å². The van der Waals surface area contributed by atoms with Crippen LogP contribution < -0.4 is 0 Å². The molecular formula is C12H16N4. The molecule has 0 unspecified atom stereocenters. The Morgan fingerprint density at radius 2 is 2.06 bits per heavy atom. The van der Waals surface area contributed by atoms with E-state index in [1.54, 1.807) is 0 Å². The highest BCUT2D eigenvalue weighted by Gasteiger charge is 2.14. The molecule has 16 heavy (non-hydrogen) atoms. The van der Waals surface area contributed by atoms with Crippen LogP contribution in [0.5, 0.6) is 0 Å². The van der Waals surface area contributed by atoms with Crippen molar-refractivity contribution < 1.29 is 0 Å². The maximum Gasteiger partial charge on any atom is 0.0952 e. The molecule has 0 bridgehead atoms. The Kier molecular flexibility index (Phi) is 2.48. The molecule has 0 aromatic carbocycles. The fourth-order valence-corrected chi connectivity index (χ4v) is 2.37. The largest absolute Gasteiger partial charge is 0.336 e. The van der Waals surface area contributed by atoms with E-state index in [0.717, 1.165) is 19.5 Å². The Labute approximate surface area is 94.9 Å². The van der Waals surface area contributed by atoms with Crippen LogP contribution in [0.1, 0.15) is 24.2 Å². The second-order valence-corrected chi connectivity index (χ2v) is 4.34. The summed E-state index contributed by atoms with van der Waals surface area (Å²) in [5.41, 5.74) is 2.77. The van der Waals surface area contributed by atoms with Gasteiger partial charge in [-0.05, 0) is 25.7 Å². The Balaban J connectivity index is 1.72. The topological polar surface area (TPSA) is 35.6 Å². The third-order valence-electron chi connectivity index (χ3n) is 3.27. The number of rotatable bonds is 3. The average Bonchev–Trinajstić information content (AvgIpc) is 2.96. The SMILES string of the molecule is c1cn(CCn2cnc3c2CCCC3)cn1. The van der Waals surface area contributed by atoms with Crippen molar-refractivity contribution in [3.05, 3.63) is 36.4 Å². The normalized spacial score (nSPS) is 15.0. The summed E-state index contributed by atoms with van der Waals surface area (Å²) >= 11 is 0. The lowest BCUT2D eigenvalue weighted by atomic mass is 10.0. The summed E-state index contributed by atoms with van der Waals surface area (Å²) < 4.78 is 4.41. The van der Waals surface area contributed by atoms with Crippen molar-refractivity contribution in [1.82, 2.24) is 19.1 Å². The van der Waals surface area contributed by atoms with E-state index in [0.29, 0.717) is 0 Å². The molecule has 0 radical (unpaired) electrons. The van der Waals surface area contributed by atoms with E-state index in [9.17, 15) is 0 Å². The molecule has 2 aromatic rings. The lowest BCUT2D eigenvalue weighted by Gasteiger charge is -2.14. The van der Waals surface area contributed by atoms with Gasteiger partial charge >= 0.3 is 0 Å². The highest BCUT2D eigenvalue weighted by Crippen LogP contribution is 2.19. The zero-order valence-electron chi connectivity index (χ0n) is 9.34. The van der Waals surface area contributed by atoms with Crippen LogP contribution in [0.2, 0.25) is 0 Å². The molecule has 3 rings (SSSR count). The molecule has 0 aliphatic heterocycles. The van der Waals surface area contributed by atoms with Gasteiger partial charge in [-0.25, -0.2) is 9.97 Å². The minimum absolute atomic E-state index is 0.975. The van der Waals surface area contributed by atoms with Gasteiger partial charge in [0.2, 0.25) is 0 Å². The number of hydrogen-bond donors (Lipinski definition) is 0. The highest BCUT2D eigenvalue weighted by molar-refractivity contribution is 5.16. The second-order valence-electron chi connectivity index (χ2n) is 4.34. The number of aryl methyl sites for hydroxylation is 3. The maximum atomic E-state index is 4.49. The Morgan fingerprint density at radius 1 is 1.12 bits per heavy atom. The molecule has 0 amide bonds. The molecule has 0 saturated heterocycles. The van der Waals surface area contributed by atoms with Gasteiger partial charge in [0.05, 0.1) is 18.3 Å². The fourth-order valence-electron chi connectivity index (χ4n) is 2.37. The van der Waals surface area contributed by atoms with Crippen LogP contribution in [-0.2, 0) is 25.9 Å². The lowest BCUT2D eigenvalue weighted by Crippen LogP contribution is -2.11. The fraction of sp³-hybridized carbons (Fsp3) is 0.500. The molecule has 1 aliphatic rings. The molecular weight excluding hydrogens is 200 g/mol. The summed E-state index contributed by atoms with van der Waals surface area (Å²) in [6.07, 6.45) is 12.6. The zero-order valence-corrected chi connectivity index (χ0v) is 9.34. The van der Waals surface area contributed by atoms with Crippen LogP contribution in [0.15, 0.2) is 25.0 Å². The van der Waals surface area contributed by atoms with E-state index in [-0.39, 0.29) is 0 Å². The summed E-state index contributed by atoms with van der Waals surface area (Å²) in [6, 6.07) is 0. The van der Waals surface area contributed by atoms with Gasteiger partial charge in [-0.3, -0.25) is 0 Å². The van der Waals surface area contributed by atoms with E-state index >= 15 is 0 Å². The van der Waals surface area contributed by atoms with Crippen LogP contribution in [0, 0.1) is 0 Å². The first-order chi connectivity index (χ1) is 7.93. The molecule has 2 aromatic heterocycles. The molecule has 4 heteroatoms. The highest BCUT2D eigenvalue weighted by atomic mass is 15.1. The average molecular weight is 216 g/mol. The molecule has 0 atom stereocenters. The molecule has 2 heterocycles. The number of aromatic nitrogens is 4. The number of fused-ring (bicyclic) bond motifs is 1. The summed E-state index contributed by atoms with van der Waals surface area (Å²) in [7, 11) is 0. The first-order valence-electron chi connectivity index (χ1n) is 5.92. The predicted molar refractivity (Wildman–Crippen MR) is 61.1 cm³/mol. The van der Waals surface area contributed by atoms with Gasteiger partial charge < -0.3 is 9.13 Å².